The van der Waals surface area contributed by atoms with E-state index in [0.717, 1.165) is 108 Å². The lowest BCUT2D eigenvalue weighted by atomic mass is 9.83. The fourth-order valence-corrected chi connectivity index (χ4v) is 14.7. The Bertz CT molecular complexity index is 3470. The number of nitrogens with one attached hydrogen (secondary N) is 4. The number of carbonyl (C=O) groups excluding carboxylic acids is 4. The van der Waals surface area contributed by atoms with Crippen molar-refractivity contribution in [3.05, 3.63) is 107 Å². The zero-order valence-corrected chi connectivity index (χ0v) is 56.0. The standard InChI is InChI=1S/C70H94F2N10O12S/c1-48(73-2)68(84)78-66(50-13-5-4-6-14-50)70(86)82-45-53(43-62(82)69(85)77-59-18-9-15-49-12-7-8-16-54(49)59)75-65(83)47-93-37-36-92-35-34-91-33-32-90-31-27-80-25-23-79(24-26-80)22-11-30-94-63-21-20-51(42-64(63)89-3)61-44-74-60-19-10-17-55(67(60)76-61)52-40-57(71)56(58(72)41-52)46-81-28-38-95(87,88)39-29-81/h7-8,10,12,16-17,19-21,40-42,44,48,50,53,59,62,66,73H,4-6,9,11,13-15,18,22-39,43,45-47H2,1-3H3,(H,75,83)(H,77,85)(H,78,84). The van der Waals surface area contributed by atoms with E-state index in [0.29, 0.717) is 79.0 Å². The van der Waals surface area contributed by atoms with Gasteiger partial charge >= 0.3 is 0 Å². The van der Waals surface area contributed by atoms with Crippen LogP contribution in [0, 0.1) is 17.6 Å². The number of para-hydroxylation sites is 1. The lowest BCUT2D eigenvalue weighted by Gasteiger charge is -2.35. The van der Waals surface area contributed by atoms with Crippen molar-refractivity contribution < 1.29 is 64.8 Å². The molecule has 3 saturated heterocycles. The summed E-state index contributed by atoms with van der Waals surface area (Å²) in [4.78, 5) is 73.2. The number of piperazine rings is 1. The smallest absolute Gasteiger partial charge is 0.246 e. The van der Waals surface area contributed by atoms with Gasteiger partial charge in [-0.25, -0.2) is 22.2 Å². The fraction of sp³-hybridized carbons (Fsp3) is 0.571. The topological polar surface area (TPSA) is 245 Å². The number of carbonyl (C=O) groups is 4. The second-order valence-corrected chi connectivity index (χ2v) is 27.8. The molecule has 4 N–H and O–H groups in total. The van der Waals surface area contributed by atoms with Crippen LogP contribution in [0.3, 0.4) is 0 Å². The van der Waals surface area contributed by atoms with Crippen molar-refractivity contribution in [1.82, 2.24) is 50.8 Å². The van der Waals surface area contributed by atoms with E-state index in [1.165, 1.54) is 17.7 Å². The van der Waals surface area contributed by atoms with Gasteiger partial charge in [0, 0.05) is 88.2 Å². The molecule has 5 unspecified atom stereocenters. The Hall–Kier alpha value is -6.81. The molecule has 0 spiro atoms. The Balaban J connectivity index is 0.573. The molecule has 4 heterocycles. The molecule has 4 amide bonds. The molecule has 25 heteroatoms. The van der Waals surface area contributed by atoms with Crippen LogP contribution in [0.25, 0.3) is 33.4 Å². The number of nitrogens with zero attached hydrogens (tertiary/aromatic N) is 6. The van der Waals surface area contributed by atoms with E-state index in [4.69, 9.17) is 33.4 Å². The van der Waals surface area contributed by atoms with Gasteiger partial charge in [-0.05, 0) is 118 Å². The average molecular weight is 1340 g/mol. The fourth-order valence-electron chi connectivity index (χ4n) is 13.4. The first-order valence-electron chi connectivity index (χ1n) is 33.8. The lowest BCUT2D eigenvalue weighted by Crippen LogP contribution is -2.58. The van der Waals surface area contributed by atoms with Crippen LogP contribution >= 0.6 is 0 Å². The summed E-state index contributed by atoms with van der Waals surface area (Å²) in [5.74, 6) is -1.60. The zero-order chi connectivity index (χ0) is 66.7. The molecule has 1 saturated carbocycles. The predicted octanol–water partition coefficient (Wildman–Crippen LogP) is 5.89. The highest BCUT2D eigenvalue weighted by Gasteiger charge is 2.45. The number of benzene rings is 4. The highest BCUT2D eigenvalue weighted by atomic mass is 32.2. The van der Waals surface area contributed by atoms with Crippen molar-refractivity contribution in [2.24, 2.45) is 5.92 Å². The van der Waals surface area contributed by atoms with E-state index < -0.39 is 45.6 Å². The van der Waals surface area contributed by atoms with Crippen molar-refractivity contribution in [1.29, 1.82) is 0 Å². The number of aryl methyl sites for hydroxylation is 1. The van der Waals surface area contributed by atoms with E-state index in [2.05, 4.69) is 48.2 Å². The van der Waals surface area contributed by atoms with Crippen molar-refractivity contribution in [2.75, 3.05) is 144 Å². The van der Waals surface area contributed by atoms with Crippen molar-refractivity contribution >= 4 is 44.5 Å². The van der Waals surface area contributed by atoms with E-state index in [-0.39, 0.29) is 105 Å². The first-order valence-corrected chi connectivity index (χ1v) is 35.6. The van der Waals surface area contributed by atoms with Gasteiger partial charge < -0.3 is 59.5 Å². The zero-order valence-electron chi connectivity index (χ0n) is 55.1. The number of ether oxygens (including phenoxy) is 6. The van der Waals surface area contributed by atoms with Gasteiger partial charge in [0.05, 0.1) is 106 Å². The molecule has 0 bridgehead atoms. The van der Waals surface area contributed by atoms with Gasteiger partial charge in [0.25, 0.3) is 0 Å². The van der Waals surface area contributed by atoms with Crippen LogP contribution in [-0.2, 0) is 60.9 Å². The van der Waals surface area contributed by atoms with E-state index in [1.807, 2.05) is 30.3 Å². The van der Waals surface area contributed by atoms with Gasteiger partial charge in [0.15, 0.2) is 21.3 Å². The maximum Gasteiger partial charge on any atom is 0.246 e. The molecule has 2 aliphatic carbocycles. The Morgan fingerprint density at radius 1 is 0.716 bits per heavy atom. The van der Waals surface area contributed by atoms with Gasteiger partial charge in [-0.2, -0.15) is 0 Å². The third-order valence-corrected chi connectivity index (χ3v) is 20.6. The van der Waals surface area contributed by atoms with Crippen molar-refractivity contribution in [3.63, 3.8) is 0 Å². The summed E-state index contributed by atoms with van der Waals surface area (Å²) in [5.41, 5.74) is 5.35. The van der Waals surface area contributed by atoms with Gasteiger partial charge in [-0.15, -0.1) is 0 Å². The molecule has 5 atom stereocenters. The van der Waals surface area contributed by atoms with Crippen LogP contribution < -0.4 is 30.7 Å². The SMILES string of the molecule is CNC(C)C(=O)NC(C(=O)N1CC(NC(=O)COCCOCCOCCOCCN2CCN(CCCOc3ccc(-c4cnc5cccc(-c6cc(F)c(CN7CCS(=O)(=O)CC7)c(F)c6)c5n4)cc3OC)CC2)CC1C(=O)NC1CCCc2ccccc21)C1CCCCC1. The van der Waals surface area contributed by atoms with Gasteiger partial charge in [0.1, 0.15) is 30.3 Å². The molecular formula is C70H94F2N10O12S. The van der Waals surface area contributed by atoms with Crippen molar-refractivity contribution in [2.45, 2.75) is 108 Å². The van der Waals surface area contributed by atoms with Gasteiger partial charge in [-0.3, -0.25) is 34.0 Å². The summed E-state index contributed by atoms with van der Waals surface area (Å²) in [6, 6.07) is 18.8. The molecule has 22 nitrogen and oxygen atoms in total. The number of fused-ring (bicyclic) bond motifs is 2. The molecule has 5 aromatic rings. The number of amides is 4. The van der Waals surface area contributed by atoms with E-state index >= 15 is 8.78 Å². The number of likely N-dealkylation sites (tertiary alicyclic amines) is 1. The number of halogens is 2. The molecule has 10 rings (SSSR count). The van der Waals surface area contributed by atoms with Crippen LogP contribution in [0.5, 0.6) is 11.5 Å². The predicted molar refractivity (Wildman–Crippen MR) is 356 cm³/mol. The number of likely N-dealkylation sites (N-methyl/N-ethyl adjacent to an activating group) is 1. The second-order valence-electron chi connectivity index (χ2n) is 25.5. The maximum absolute atomic E-state index is 15.6. The lowest BCUT2D eigenvalue weighted by molar-refractivity contribution is -0.143. The molecular weight excluding hydrogens is 1240 g/mol. The number of hydrogen-bond acceptors (Lipinski definition) is 18. The molecule has 1 aromatic heterocycles. The summed E-state index contributed by atoms with van der Waals surface area (Å²) in [5, 5.41) is 12.3. The number of methoxy groups -OCH3 is 1. The highest BCUT2D eigenvalue weighted by molar-refractivity contribution is 7.91. The van der Waals surface area contributed by atoms with Gasteiger partial charge in [0.2, 0.25) is 23.6 Å². The molecule has 0 radical (unpaired) electrons. The molecule has 516 valence electrons. The largest absolute Gasteiger partial charge is 0.493 e. The quantitative estimate of drug-likeness (QED) is 0.0367. The molecule has 5 aliphatic rings. The van der Waals surface area contributed by atoms with Crippen molar-refractivity contribution in [3.8, 4) is 33.9 Å². The van der Waals surface area contributed by atoms with E-state index in [1.54, 1.807) is 55.3 Å². The van der Waals surface area contributed by atoms with Crippen LogP contribution in [0.1, 0.15) is 87.4 Å². The number of hydrogen-bond donors (Lipinski definition) is 4. The second kappa shape index (κ2) is 34.9. The number of aromatic nitrogens is 2. The maximum atomic E-state index is 15.6. The van der Waals surface area contributed by atoms with Gasteiger partial charge in [-0.1, -0.05) is 55.7 Å². The monoisotopic (exact) mass is 1340 g/mol. The first-order chi connectivity index (χ1) is 46.1. The van der Waals surface area contributed by atoms with Crippen LogP contribution in [0.15, 0.2) is 79.0 Å². The summed E-state index contributed by atoms with van der Waals surface area (Å²) < 4.78 is 89.8. The minimum atomic E-state index is -3.13. The Kier molecular flexibility index (Phi) is 26.1. The van der Waals surface area contributed by atoms with E-state index in [9.17, 15) is 27.6 Å². The number of rotatable bonds is 32. The minimum absolute atomic E-state index is 0.0224. The molecule has 4 fully saturated rings. The average Bonchev–Trinajstić information content (AvgIpc) is 1.78. The summed E-state index contributed by atoms with van der Waals surface area (Å²) in [7, 11) is 0.155. The Morgan fingerprint density at radius 3 is 2.13 bits per heavy atom. The minimum Gasteiger partial charge on any atom is -0.493 e. The summed E-state index contributed by atoms with van der Waals surface area (Å²) >= 11 is 0. The van der Waals surface area contributed by atoms with Crippen LogP contribution in [0.4, 0.5) is 8.78 Å². The van der Waals surface area contributed by atoms with Crippen LogP contribution in [0.2, 0.25) is 0 Å². The third-order valence-electron chi connectivity index (χ3n) is 19.0. The summed E-state index contributed by atoms with van der Waals surface area (Å²) in [6.45, 7) is 10.8. The first kappa shape index (κ1) is 71.0. The Morgan fingerprint density at radius 2 is 1.41 bits per heavy atom. The summed E-state index contributed by atoms with van der Waals surface area (Å²) in [6.07, 6.45) is 10.0. The van der Waals surface area contributed by atoms with Crippen LogP contribution in [-0.4, -0.2) is 230 Å². The third kappa shape index (κ3) is 19.7. The molecule has 95 heavy (non-hydrogen) atoms. The molecule has 3 aliphatic heterocycles. The normalized spacial score (nSPS) is 20.2. The molecule has 4 aromatic carbocycles. The Labute approximate surface area is 556 Å². The number of sulfone groups is 1. The highest BCUT2D eigenvalue weighted by Crippen LogP contribution is 2.36.